The van der Waals surface area contributed by atoms with E-state index in [1.807, 2.05) is 0 Å². The number of carbonyl (C=O) groups is 2. The van der Waals surface area contributed by atoms with E-state index in [0.29, 0.717) is 6.61 Å². The number of carbonyl (C=O) groups excluding carboxylic acids is 2. The molecule has 0 saturated carbocycles. The standard InChI is InChI=1S/C8H13NO5/c1-12-6(10)3-5-4-14-7(5)9-8(11)13-2/h5,7H,3-4H2,1-2H3,(H,9,11). The maximum absolute atomic E-state index is 10.9. The van der Waals surface area contributed by atoms with Crippen molar-refractivity contribution in [3.63, 3.8) is 0 Å². The van der Waals surface area contributed by atoms with Crippen molar-refractivity contribution in [2.45, 2.75) is 12.6 Å². The van der Waals surface area contributed by atoms with Crippen molar-refractivity contribution < 1.29 is 23.8 Å². The van der Waals surface area contributed by atoms with Crippen LogP contribution in [0.1, 0.15) is 6.42 Å². The Morgan fingerprint density at radius 2 is 2.14 bits per heavy atom. The van der Waals surface area contributed by atoms with E-state index >= 15 is 0 Å². The van der Waals surface area contributed by atoms with Crippen LogP contribution >= 0.6 is 0 Å². The molecule has 0 aromatic carbocycles. The fraction of sp³-hybridized carbons (Fsp3) is 0.750. The van der Waals surface area contributed by atoms with Crippen LogP contribution in [-0.2, 0) is 19.0 Å². The minimum atomic E-state index is -0.565. The van der Waals surface area contributed by atoms with Gasteiger partial charge in [-0.1, -0.05) is 0 Å². The first kappa shape index (κ1) is 10.8. The predicted octanol–water partition coefficient (Wildman–Crippen LogP) is -0.122. The lowest BCUT2D eigenvalue weighted by Crippen LogP contribution is -2.52. The van der Waals surface area contributed by atoms with E-state index in [9.17, 15) is 9.59 Å². The van der Waals surface area contributed by atoms with Crippen LogP contribution in [0.25, 0.3) is 0 Å². The predicted molar refractivity (Wildman–Crippen MR) is 45.4 cm³/mol. The summed E-state index contributed by atoms with van der Waals surface area (Å²) >= 11 is 0. The van der Waals surface area contributed by atoms with Crippen LogP contribution < -0.4 is 5.32 Å². The Balaban J connectivity index is 2.28. The second kappa shape index (κ2) is 4.80. The molecule has 1 N–H and O–H groups in total. The lowest BCUT2D eigenvalue weighted by atomic mass is 10.0. The molecule has 80 valence electrons. The van der Waals surface area contributed by atoms with Gasteiger partial charge < -0.3 is 14.2 Å². The third-order valence-electron chi connectivity index (χ3n) is 2.02. The maximum atomic E-state index is 10.9. The lowest BCUT2D eigenvalue weighted by Gasteiger charge is -2.35. The first-order valence-corrected chi connectivity index (χ1v) is 4.20. The van der Waals surface area contributed by atoms with Gasteiger partial charge in [-0.2, -0.15) is 0 Å². The lowest BCUT2D eigenvalue weighted by molar-refractivity contribution is -0.159. The highest BCUT2D eigenvalue weighted by Crippen LogP contribution is 2.22. The first-order valence-electron chi connectivity index (χ1n) is 4.20. The van der Waals surface area contributed by atoms with Crippen LogP contribution in [0, 0.1) is 5.92 Å². The van der Waals surface area contributed by atoms with Crippen LogP contribution in [0.4, 0.5) is 4.79 Å². The molecule has 0 aromatic rings. The zero-order valence-corrected chi connectivity index (χ0v) is 8.11. The van der Waals surface area contributed by atoms with E-state index in [-0.39, 0.29) is 18.3 Å². The Hall–Kier alpha value is -1.30. The molecular formula is C8H13NO5. The third kappa shape index (κ3) is 2.59. The van der Waals surface area contributed by atoms with Crippen molar-refractivity contribution in [3.05, 3.63) is 0 Å². The van der Waals surface area contributed by atoms with E-state index in [1.165, 1.54) is 14.2 Å². The number of ether oxygens (including phenoxy) is 3. The van der Waals surface area contributed by atoms with Gasteiger partial charge in [0.15, 0.2) is 0 Å². The molecule has 0 bridgehead atoms. The summed E-state index contributed by atoms with van der Waals surface area (Å²) in [6.45, 7) is 0.448. The highest BCUT2D eigenvalue weighted by molar-refractivity contribution is 5.70. The van der Waals surface area contributed by atoms with Crippen molar-refractivity contribution in [1.82, 2.24) is 5.32 Å². The van der Waals surface area contributed by atoms with E-state index in [0.717, 1.165) is 0 Å². The minimum Gasteiger partial charge on any atom is -0.469 e. The molecule has 2 unspecified atom stereocenters. The third-order valence-corrected chi connectivity index (χ3v) is 2.02. The summed E-state index contributed by atoms with van der Waals surface area (Å²) in [5.74, 6) is -0.337. The number of hydrogen-bond donors (Lipinski definition) is 1. The Labute approximate surface area is 81.5 Å². The number of esters is 1. The Morgan fingerprint density at radius 3 is 2.57 bits per heavy atom. The molecule has 6 heteroatoms. The normalized spacial score (nSPS) is 24.7. The summed E-state index contributed by atoms with van der Waals surface area (Å²) < 4.78 is 13.9. The second-order valence-corrected chi connectivity index (χ2v) is 2.93. The molecule has 14 heavy (non-hydrogen) atoms. The van der Waals surface area contributed by atoms with Gasteiger partial charge in [-0.3, -0.25) is 10.1 Å². The number of rotatable bonds is 3. The molecule has 0 aromatic heterocycles. The van der Waals surface area contributed by atoms with Crippen molar-refractivity contribution >= 4 is 12.1 Å². The highest BCUT2D eigenvalue weighted by Gasteiger charge is 2.35. The summed E-state index contributed by atoms with van der Waals surface area (Å²) in [6, 6.07) is 0. The molecule has 1 heterocycles. The van der Waals surface area contributed by atoms with E-state index in [4.69, 9.17) is 4.74 Å². The van der Waals surface area contributed by atoms with E-state index in [2.05, 4.69) is 14.8 Å². The number of amides is 1. The number of alkyl carbamates (subject to hydrolysis) is 1. The van der Waals surface area contributed by atoms with Gasteiger partial charge in [0.1, 0.15) is 6.23 Å². The molecule has 1 aliphatic rings. The molecule has 0 aliphatic carbocycles. The Kier molecular flexibility index (Phi) is 3.70. The van der Waals surface area contributed by atoms with Gasteiger partial charge in [0.25, 0.3) is 0 Å². The number of hydrogen-bond acceptors (Lipinski definition) is 5. The van der Waals surface area contributed by atoms with Gasteiger partial charge in [-0.05, 0) is 0 Å². The molecule has 2 atom stereocenters. The zero-order valence-electron chi connectivity index (χ0n) is 8.11. The van der Waals surface area contributed by atoms with E-state index < -0.39 is 12.3 Å². The Morgan fingerprint density at radius 1 is 1.43 bits per heavy atom. The SMILES string of the molecule is COC(=O)CC1COC1NC(=O)OC. The molecule has 1 aliphatic heterocycles. The summed E-state index contributed by atoms with van der Waals surface area (Å²) in [6.07, 6.45) is -0.767. The van der Waals surface area contributed by atoms with Crippen LogP contribution in [0.5, 0.6) is 0 Å². The van der Waals surface area contributed by atoms with Crippen LogP contribution in [0.3, 0.4) is 0 Å². The van der Waals surface area contributed by atoms with Crippen molar-refractivity contribution in [3.8, 4) is 0 Å². The van der Waals surface area contributed by atoms with Gasteiger partial charge in [0.2, 0.25) is 0 Å². The Bertz CT molecular complexity index is 206. The molecule has 1 saturated heterocycles. The van der Waals surface area contributed by atoms with Crippen LogP contribution in [0.15, 0.2) is 0 Å². The topological polar surface area (TPSA) is 73.9 Å². The van der Waals surface area contributed by atoms with Crippen LogP contribution in [-0.4, -0.2) is 39.1 Å². The molecule has 1 amide bonds. The molecule has 1 rings (SSSR count). The summed E-state index contributed by atoms with van der Waals surface area (Å²) in [4.78, 5) is 21.7. The molecular weight excluding hydrogens is 190 g/mol. The van der Waals surface area contributed by atoms with Gasteiger partial charge >= 0.3 is 12.1 Å². The van der Waals surface area contributed by atoms with Gasteiger partial charge in [0.05, 0.1) is 27.2 Å². The fourth-order valence-electron chi connectivity index (χ4n) is 1.13. The minimum absolute atomic E-state index is 0.0263. The maximum Gasteiger partial charge on any atom is 0.408 e. The summed E-state index contributed by atoms with van der Waals surface area (Å²) in [5.41, 5.74) is 0. The number of nitrogens with one attached hydrogen (secondary N) is 1. The molecule has 0 spiro atoms. The quantitative estimate of drug-likeness (QED) is 0.647. The smallest absolute Gasteiger partial charge is 0.408 e. The zero-order chi connectivity index (χ0) is 10.6. The summed E-state index contributed by atoms with van der Waals surface area (Å²) in [5, 5.41) is 2.45. The highest BCUT2D eigenvalue weighted by atomic mass is 16.6. The fourth-order valence-corrected chi connectivity index (χ4v) is 1.13. The van der Waals surface area contributed by atoms with Gasteiger partial charge in [-0.25, -0.2) is 4.79 Å². The number of methoxy groups -OCH3 is 2. The molecule has 0 radical (unpaired) electrons. The van der Waals surface area contributed by atoms with E-state index in [1.54, 1.807) is 0 Å². The van der Waals surface area contributed by atoms with Gasteiger partial charge in [0, 0.05) is 5.92 Å². The average molecular weight is 203 g/mol. The molecule has 6 nitrogen and oxygen atoms in total. The summed E-state index contributed by atoms with van der Waals surface area (Å²) in [7, 11) is 2.59. The monoisotopic (exact) mass is 203 g/mol. The van der Waals surface area contributed by atoms with Gasteiger partial charge in [-0.15, -0.1) is 0 Å². The van der Waals surface area contributed by atoms with Crippen molar-refractivity contribution in [1.29, 1.82) is 0 Å². The largest absolute Gasteiger partial charge is 0.469 e. The molecule has 1 fully saturated rings. The first-order chi connectivity index (χ1) is 6.67. The second-order valence-electron chi connectivity index (χ2n) is 2.93. The van der Waals surface area contributed by atoms with Crippen molar-refractivity contribution in [2.75, 3.05) is 20.8 Å². The van der Waals surface area contributed by atoms with Crippen molar-refractivity contribution in [2.24, 2.45) is 5.92 Å². The average Bonchev–Trinajstić information content (AvgIpc) is 2.19. The van der Waals surface area contributed by atoms with Crippen LogP contribution in [0.2, 0.25) is 0 Å².